The van der Waals surface area contributed by atoms with E-state index in [2.05, 4.69) is 5.32 Å². The van der Waals surface area contributed by atoms with Gasteiger partial charge in [-0.25, -0.2) is 4.39 Å². The molecule has 1 atom stereocenters. The molecule has 2 aromatic carbocycles. The number of amides is 2. The number of carbonyl (C=O) groups is 3. The van der Waals surface area contributed by atoms with Crippen molar-refractivity contribution in [3.8, 4) is 0 Å². The third-order valence-electron chi connectivity index (χ3n) is 3.34. The highest BCUT2D eigenvalue weighted by atomic mass is 127. The number of nitrogens with one attached hydrogen (secondary N) is 1. The lowest BCUT2D eigenvalue weighted by Crippen LogP contribution is -2.47. The second-order valence-electron chi connectivity index (χ2n) is 5.04. The molecular weight excluding hydrogens is 426 g/mol. The Kier molecular flexibility index (Phi) is 6.02. The molecular formula is C17H14FIN2O3. The van der Waals surface area contributed by atoms with Crippen LogP contribution in [-0.2, 0) is 16.0 Å². The second-order valence-corrected chi connectivity index (χ2v) is 6.20. The molecule has 0 saturated heterocycles. The van der Waals surface area contributed by atoms with E-state index in [0.717, 1.165) is 11.6 Å². The van der Waals surface area contributed by atoms with Crippen molar-refractivity contribution < 1.29 is 18.8 Å². The number of primary amides is 1. The summed E-state index contributed by atoms with van der Waals surface area (Å²) in [7, 11) is 0. The van der Waals surface area contributed by atoms with E-state index < -0.39 is 29.5 Å². The summed E-state index contributed by atoms with van der Waals surface area (Å²) in [6.07, 6.45) is 0.0827. The van der Waals surface area contributed by atoms with Crippen LogP contribution in [0.4, 0.5) is 4.39 Å². The van der Waals surface area contributed by atoms with Gasteiger partial charge in [0.25, 0.3) is 11.8 Å². The molecule has 0 aromatic heterocycles. The molecule has 0 unspecified atom stereocenters. The Morgan fingerprint density at radius 2 is 1.75 bits per heavy atom. The minimum Gasteiger partial charge on any atom is -0.363 e. The zero-order chi connectivity index (χ0) is 17.7. The smallest absolute Gasteiger partial charge is 0.287 e. The Morgan fingerprint density at radius 1 is 1.08 bits per heavy atom. The van der Waals surface area contributed by atoms with Crippen LogP contribution in [0.1, 0.15) is 15.9 Å². The van der Waals surface area contributed by atoms with E-state index in [4.69, 9.17) is 5.73 Å². The highest BCUT2D eigenvalue weighted by Gasteiger charge is 2.27. The van der Waals surface area contributed by atoms with E-state index in [1.54, 1.807) is 36.4 Å². The molecule has 2 rings (SSSR count). The normalized spacial score (nSPS) is 11.6. The van der Waals surface area contributed by atoms with E-state index in [0.29, 0.717) is 3.57 Å². The zero-order valence-electron chi connectivity index (χ0n) is 12.5. The summed E-state index contributed by atoms with van der Waals surface area (Å²) in [5, 5.41) is 2.41. The summed E-state index contributed by atoms with van der Waals surface area (Å²) < 4.78 is 14.3. The van der Waals surface area contributed by atoms with Gasteiger partial charge in [-0.15, -0.1) is 0 Å². The van der Waals surface area contributed by atoms with E-state index in [1.165, 1.54) is 6.07 Å². The summed E-state index contributed by atoms with van der Waals surface area (Å²) in [6, 6.07) is 11.9. The van der Waals surface area contributed by atoms with E-state index >= 15 is 0 Å². The molecule has 0 radical (unpaired) electrons. The maximum Gasteiger partial charge on any atom is 0.287 e. The van der Waals surface area contributed by atoms with Crippen LogP contribution in [0.3, 0.4) is 0 Å². The lowest BCUT2D eigenvalue weighted by atomic mass is 10.0. The summed E-state index contributed by atoms with van der Waals surface area (Å²) in [6.45, 7) is 0. The van der Waals surface area contributed by atoms with Gasteiger partial charge in [0.1, 0.15) is 11.9 Å². The molecule has 0 aliphatic rings. The standard InChI is InChI=1S/C17H14FIN2O3/c18-11-7-4-8-12(19)14(11)17(24)21-13(15(22)16(20)23)9-10-5-2-1-3-6-10/h1-8,13H,9H2,(H2,20,23)(H,21,24)/t13-/m0/s1. The maximum absolute atomic E-state index is 13.9. The fourth-order valence-electron chi connectivity index (χ4n) is 2.18. The first-order valence-corrected chi connectivity index (χ1v) is 8.10. The lowest BCUT2D eigenvalue weighted by molar-refractivity contribution is -0.137. The summed E-state index contributed by atoms with van der Waals surface area (Å²) in [5.74, 6) is -3.56. The molecule has 0 bridgehead atoms. The quantitative estimate of drug-likeness (QED) is 0.531. The molecule has 0 aliphatic heterocycles. The van der Waals surface area contributed by atoms with Gasteiger partial charge in [0.2, 0.25) is 5.78 Å². The monoisotopic (exact) mass is 440 g/mol. The fraction of sp³-hybridized carbons (Fsp3) is 0.118. The molecule has 24 heavy (non-hydrogen) atoms. The molecule has 2 amide bonds. The van der Waals surface area contributed by atoms with Crippen LogP contribution >= 0.6 is 22.6 Å². The van der Waals surface area contributed by atoms with E-state index in [-0.39, 0.29) is 12.0 Å². The maximum atomic E-state index is 13.9. The Balaban J connectivity index is 2.26. The molecule has 5 nitrogen and oxygen atoms in total. The van der Waals surface area contributed by atoms with Gasteiger partial charge in [-0.1, -0.05) is 36.4 Å². The average Bonchev–Trinajstić information content (AvgIpc) is 2.54. The van der Waals surface area contributed by atoms with Crippen molar-refractivity contribution in [2.24, 2.45) is 5.73 Å². The predicted octanol–water partition coefficient (Wildman–Crippen LogP) is 1.83. The van der Waals surface area contributed by atoms with Crippen LogP contribution < -0.4 is 11.1 Å². The molecule has 3 N–H and O–H groups in total. The van der Waals surface area contributed by atoms with E-state index in [9.17, 15) is 18.8 Å². The van der Waals surface area contributed by atoms with Crippen molar-refractivity contribution >= 4 is 40.2 Å². The summed E-state index contributed by atoms with van der Waals surface area (Å²) in [5.41, 5.74) is 5.61. The average molecular weight is 440 g/mol. The van der Waals surface area contributed by atoms with Gasteiger partial charge in [0.05, 0.1) is 5.56 Å². The van der Waals surface area contributed by atoms with Crippen LogP contribution in [0.25, 0.3) is 0 Å². The third-order valence-corrected chi connectivity index (χ3v) is 4.24. The predicted molar refractivity (Wildman–Crippen MR) is 94.7 cm³/mol. The van der Waals surface area contributed by atoms with Crippen molar-refractivity contribution in [3.63, 3.8) is 0 Å². The number of rotatable bonds is 6. The SMILES string of the molecule is NC(=O)C(=O)[C@H](Cc1ccccc1)NC(=O)c1c(F)cccc1I. The number of ketones is 1. The van der Waals surface area contributed by atoms with Gasteiger partial charge in [-0.3, -0.25) is 14.4 Å². The first kappa shape index (κ1) is 18.1. The van der Waals surface area contributed by atoms with Crippen molar-refractivity contribution in [2.75, 3.05) is 0 Å². The van der Waals surface area contributed by atoms with Gasteiger partial charge < -0.3 is 11.1 Å². The van der Waals surface area contributed by atoms with Crippen molar-refractivity contribution in [2.45, 2.75) is 12.5 Å². The number of carbonyl (C=O) groups excluding carboxylic acids is 3. The molecule has 0 aliphatic carbocycles. The number of hydrogen-bond donors (Lipinski definition) is 2. The number of hydrogen-bond acceptors (Lipinski definition) is 3. The van der Waals surface area contributed by atoms with Gasteiger partial charge in [0, 0.05) is 9.99 Å². The largest absolute Gasteiger partial charge is 0.363 e. The minimum atomic E-state index is -1.16. The Bertz CT molecular complexity index is 760. The van der Waals surface area contributed by atoms with Crippen LogP contribution in [0, 0.1) is 9.39 Å². The number of benzene rings is 2. The van der Waals surface area contributed by atoms with Gasteiger partial charge in [-0.2, -0.15) is 0 Å². The Morgan fingerprint density at radius 3 is 2.33 bits per heavy atom. The molecule has 0 spiro atoms. The molecule has 0 fully saturated rings. The fourth-order valence-corrected chi connectivity index (χ4v) is 2.89. The second kappa shape index (κ2) is 8.00. The van der Waals surface area contributed by atoms with Gasteiger partial charge in [0.15, 0.2) is 0 Å². The number of Topliss-reactive ketones (excluding diaryl/α,β-unsaturated/α-hetero) is 1. The van der Waals surface area contributed by atoms with Crippen LogP contribution in [-0.4, -0.2) is 23.6 Å². The Labute approximate surface area is 151 Å². The van der Waals surface area contributed by atoms with Crippen molar-refractivity contribution in [3.05, 3.63) is 69.0 Å². The van der Waals surface area contributed by atoms with Crippen molar-refractivity contribution in [1.29, 1.82) is 0 Å². The van der Waals surface area contributed by atoms with Crippen LogP contribution in [0.15, 0.2) is 48.5 Å². The first-order valence-electron chi connectivity index (χ1n) is 7.02. The molecule has 0 heterocycles. The highest BCUT2D eigenvalue weighted by molar-refractivity contribution is 14.1. The molecule has 124 valence electrons. The first-order chi connectivity index (χ1) is 11.4. The summed E-state index contributed by atoms with van der Waals surface area (Å²) >= 11 is 1.82. The highest BCUT2D eigenvalue weighted by Crippen LogP contribution is 2.16. The van der Waals surface area contributed by atoms with Gasteiger partial charge >= 0.3 is 0 Å². The minimum absolute atomic E-state index is 0.0827. The number of nitrogens with two attached hydrogens (primary N) is 1. The van der Waals surface area contributed by atoms with Crippen LogP contribution in [0.5, 0.6) is 0 Å². The Hall–Kier alpha value is -2.29. The third kappa shape index (κ3) is 4.38. The molecule has 2 aromatic rings. The number of halogens is 2. The molecule has 7 heteroatoms. The topological polar surface area (TPSA) is 89.3 Å². The summed E-state index contributed by atoms with van der Waals surface area (Å²) in [4.78, 5) is 35.6. The van der Waals surface area contributed by atoms with Crippen molar-refractivity contribution in [1.82, 2.24) is 5.32 Å². The zero-order valence-corrected chi connectivity index (χ0v) is 14.6. The van der Waals surface area contributed by atoms with E-state index in [1.807, 2.05) is 22.6 Å². The van der Waals surface area contributed by atoms with Gasteiger partial charge in [-0.05, 0) is 40.3 Å². The molecule has 0 saturated carbocycles. The lowest BCUT2D eigenvalue weighted by Gasteiger charge is -2.17. The van der Waals surface area contributed by atoms with Crippen LogP contribution in [0.2, 0.25) is 0 Å².